The third-order valence-electron chi connectivity index (χ3n) is 3.21. The van der Waals surface area contributed by atoms with Gasteiger partial charge in [0, 0.05) is 11.6 Å². The largest absolute Gasteiger partial charge is 0.496 e. The number of carbonyl (C=O) groups excluding carboxylic acids is 1. The van der Waals surface area contributed by atoms with Gasteiger partial charge in [0.25, 0.3) is 0 Å². The molecule has 1 aromatic rings. The van der Waals surface area contributed by atoms with Crippen molar-refractivity contribution in [2.75, 3.05) is 7.11 Å². The van der Waals surface area contributed by atoms with E-state index in [9.17, 15) is 9.59 Å². The Morgan fingerprint density at radius 1 is 1.38 bits per heavy atom. The normalized spacial score (nSPS) is 11.8. The van der Waals surface area contributed by atoms with Gasteiger partial charge >= 0.3 is 5.97 Å². The van der Waals surface area contributed by atoms with Gasteiger partial charge in [-0.3, -0.25) is 9.59 Å². The molecule has 5 heteroatoms. The maximum atomic E-state index is 12.1. The number of benzene rings is 1. The van der Waals surface area contributed by atoms with Crippen molar-refractivity contribution in [3.05, 3.63) is 29.3 Å². The molecular formula is C16H23NO4. The van der Waals surface area contributed by atoms with Crippen molar-refractivity contribution in [1.29, 1.82) is 0 Å². The van der Waals surface area contributed by atoms with E-state index in [4.69, 9.17) is 9.84 Å². The van der Waals surface area contributed by atoms with Crippen LogP contribution in [0.4, 0.5) is 0 Å². The molecule has 1 amide bonds. The highest BCUT2D eigenvalue weighted by molar-refractivity contribution is 5.80. The fraction of sp³-hybridized carbons (Fsp3) is 0.500. The lowest BCUT2D eigenvalue weighted by molar-refractivity contribution is -0.137. The molecule has 0 saturated carbocycles. The molecule has 21 heavy (non-hydrogen) atoms. The van der Waals surface area contributed by atoms with Crippen molar-refractivity contribution in [1.82, 2.24) is 5.32 Å². The average molecular weight is 293 g/mol. The van der Waals surface area contributed by atoms with Crippen LogP contribution >= 0.6 is 0 Å². The van der Waals surface area contributed by atoms with E-state index >= 15 is 0 Å². The zero-order chi connectivity index (χ0) is 15.8. The molecule has 0 aliphatic heterocycles. The second-order valence-electron chi connectivity index (χ2n) is 5.14. The third kappa shape index (κ3) is 5.85. The fourth-order valence-corrected chi connectivity index (χ4v) is 2.28. The molecular weight excluding hydrogens is 270 g/mol. The van der Waals surface area contributed by atoms with Crippen molar-refractivity contribution in [2.24, 2.45) is 0 Å². The summed E-state index contributed by atoms with van der Waals surface area (Å²) < 4.78 is 5.24. The third-order valence-corrected chi connectivity index (χ3v) is 3.21. The van der Waals surface area contributed by atoms with Crippen molar-refractivity contribution in [3.8, 4) is 5.75 Å². The summed E-state index contributed by atoms with van der Waals surface area (Å²) in [7, 11) is 1.57. The SMILES string of the molecule is CCCC(CC(=O)O)NC(=O)Cc1cc(C)ccc1OC. The first-order valence-electron chi connectivity index (χ1n) is 7.11. The average Bonchev–Trinajstić information content (AvgIpc) is 2.38. The van der Waals surface area contributed by atoms with Crippen LogP contribution in [-0.4, -0.2) is 30.1 Å². The van der Waals surface area contributed by atoms with Gasteiger partial charge in [-0.15, -0.1) is 0 Å². The molecule has 5 nitrogen and oxygen atoms in total. The van der Waals surface area contributed by atoms with Crippen molar-refractivity contribution in [2.45, 2.75) is 45.6 Å². The first-order valence-corrected chi connectivity index (χ1v) is 7.11. The Morgan fingerprint density at radius 2 is 2.10 bits per heavy atom. The molecule has 116 valence electrons. The number of amides is 1. The monoisotopic (exact) mass is 293 g/mol. The molecule has 0 aliphatic carbocycles. The summed E-state index contributed by atoms with van der Waals surface area (Å²) in [5.74, 6) is -0.415. The molecule has 1 atom stereocenters. The molecule has 1 aromatic carbocycles. The number of ether oxygens (including phenoxy) is 1. The number of aryl methyl sites for hydroxylation is 1. The van der Waals surface area contributed by atoms with Gasteiger partial charge in [0.05, 0.1) is 20.0 Å². The predicted molar refractivity (Wildman–Crippen MR) is 80.5 cm³/mol. The summed E-state index contributed by atoms with van der Waals surface area (Å²) in [5.41, 5.74) is 1.86. The number of hydrogen-bond acceptors (Lipinski definition) is 3. The Bertz CT molecular complexity index is 499. The molecule has 0 spiro atoms. The van der Waals surface area contributed by atoms with E-state index in [0.717, 1.165) is 17.5 Å². The van der Waals surface area contributed by atoms with Crippen molar-refractivity contribution >= 4 is 11.9 Å². The van der Waals surface area contributed by atoms with Crippen LogP contribution in [0.3, 0.4) is 0 Å². The number of carboxylic acids is 1. The van der Waals surface area contributed by atoms with Crippen LogP contribution in [0, 0.1) is 6.92 Å². The molecule has 0 fully saturated rings. The fourth-order valence-electron chi connectivity index (χ4n) is 2.28. The molecule has 2 N–H and O–H groups in total. The second-order valence-corrected chi connectivity index (χ2v) is 5.14. The lowest BCUT2D eigenvalue weighted by Crippen LogP contribution is -2.37. The van der Waals surface area contributed by atoms with Crippen molar-refractivity contribution in [3.63, 3.8) is 0 Å². The summed E-state index contributed by atoms with van der Waals surface area (Å²) in [6.45, 7) is 3.91. The van der Waals surface area contributed by atoms with Gasteiger partial charge in [-0.2, -0.15) is 0 Å². The number of aliphatic carboxylic acids is 1. The van der Waals surface area contributed by atoms with E-state index in [1.54, 1.807) is 7.11 Å². The lowest BCUT2D eigenvalue weighted by Gasteiger charge is -2.17. The zero-order valence-corrected chi connectivity index (χ0v) is 12.8. The Labute approximate surface area is 125 Å². The van der Waals surface area contributed by atoms with Crippen LogP contribution in [0.1, 0.15) is 37.3 Å². The van der Waals surface area contributed by atoms with Gasteiger partial charge in [-0.1, -0.05) is 31.0 Å². The van der Waals surface area contributed by atoms with Gasteiger partial charge in [0.2, 0.25) is 5.91 Å². The standard InChI is InChI=1S/C16H23NO4/c1-4-5-13(10-16(19)20)17-15(18)9-12-8-11(2)6-7-14(12)21-3/h6-8,13H,4-5,9-10H2,1-3H3,(H,17,18)(H,19,20). The summed E-state index contributed by atoms with van der Waals surface area (Å²) in [4.78, 5) is 22.9. The smallest absolute Gasteiger partial charge is 0.305 e. The molecule has 0 saturated heterocycles. The number of methoxy groups -OCH3 is 1. The topological polar surface area (TPSA) is 75.6 Å². The quantitative estimate of drug-likeness (QED) is 0.771. The summed E-state index contributed by atoms with van der Waals surface area (Å²) >= 11 is 0. The molecule has 0 bridgehead atoms. The maximum absolute atomic E-state index is 12.1. The van der Waals surface area contributed by atoms with Gasteiger partial charge in [0.1, 0.15) is 5.75 Å². The van der Waals surface area contributed by atoms with E-state index in [1.165, 1.54) is 0 Å². The van der Waals surface area contributed by atoms with Gasteiger partial charge < -0.3 is 15.2 Å². The van der Waals surface area contributed by atoms with Gasteiger partial charge in [0.15, 0.2) is 0 Å². The minimum atomic E-state index is -0.901. The highest BCUT2D eigenvalue weighted by Gasteiger charge is 2.16. The lowest BCUT2D eigenvalue weighted by atomic mass is 10.1. The number of carbonyl (C=O) groups is 2. The summed E-state index contributed by atoms with van der Waals surface area (Å²) in [6, 6.07) is 5.34. The molecule has 1 rings (SSSR count). The Balaban J connectivity index is 2.71. The first-order chi connectivity index (χ1) is 9.96. The zero-order valence-electron chi connectivity index (χ0n) is 12.8. The molecule has 0 radical (unpaired) electrons. The van der Waals surface area contributed by atoms with Crippen LogP contribution in [-0.2, 0) is 16.0 Å². The van der Waals surface area contributed by atoms with E-state index < -0.39 is 5.97 Å². The van der Waals surface area contributed by atoms with E-state index in [-0.39, 0.29) is 24.8 Å². The summed E-state index contributed by atoms with van der Waals surface area (Å²) in [6.07, 6.45) is 1.62. The van der Waals surface area contributed by atoms with Crippen molar-refractivity contribution < 1.29 is 19.4 Å². The van der Waals surface area contributed by atoms with Crippen LogP contribution in [0.25, 0.3) is 0 Å². The molecule has 0 aromatic heterocycles. The summed E-state index contributed by atoms with van der Waals surface area (Å²) in [5, 5.41) is 11.7. The van der Waals surface area contributed by atoms with Crippen LogP contribution in [0.15, 0.2) is 18.2 Å². The maximum Gasteiger partial charge on any atom is 0.305 e. The van der Waals surface area contributed by atoms with Gasteiger partial charge in [-0.05, 0) is 19.4 Å². The Hall–Kier alpha value is -2.04. The van der Waals surface area contributed by atoms with Crippen LogP contribution in [0.5, 0.6) is 5.75 Å². The second kappa shape index (κ2) is 8.29. The molecule has 1 unspecified atom stereocenters. The van der Waals surface area contributed by atoms with Crippen LogP contribution < -0.4 is 10.1 Å². The predicted octanol–water partition coefficient (Wildman–Crippen LogP) is 2.31. The Kier molecular flexibility index (Phi) is 6.72. The highest BCUT2D eigenvalue weighted by Crippen LogP contribution is 2.20. The molecule has 0 aliphatic rings. The number of rotatable bonds is 8. The van der Waals surface area contributed by atoms with Gasteiger partial charge in [-0.25, -0.2) is 0 Å². The minimum Gasteiger partial charge on any atom is -0.496 e. The van der Waals surface area contributed by atoms with E-state index in [2.05, 4.69) is 5.32 Å². The minimum absolute atomic E-state index is 0.0511. The number of hydrogen-bond donors (Lipinski definition) is 2. The first kappa shape index (κ1) is 17.0. The number of carboxylic acid groups (broad SMARTS) is 1. The highest BCUT2D eigenvalue weighted by atomic mass is 16.5. The van der Waals surface area contributed by atoms with E-state index in [0.29, 0.717) is 12.2 Å². The Morgan fingerprint density at radius 3 is 2.67 bits per heavy atom. The number of nitrogens with one attached hydrogen (secondary N) is 1. The molecule has 0 heterocycles. The van der Waals surface area contributed by atoms with Crippen LogP contribution in [0.2, 0.25) is 0 Å². The van der Waals surface area contributed by atoms with E-state index in [1.807, 2.05) is 32.0 Å².